The van der Waals surface area contributed by atoms with E-state index in [-0.39, 0.29) is 6.10 Å². The molecule has 0 spiro atoms. The topological polar surface area (TPSA) is 57.5 Å². The molecule has 3 nitrogen and oxygen atoms in total. The lowest BCUT2D eigenvalue weighted by Gasteiger charge is -2.41. The lowest BCUT2D eigenvalue weighted by Crippen LogP contribution is -2.42. The quantitative estimate of drug-likeness (QED) is 0.730. The van der Waals surface area contributed by atoms with Crippen LogP contribution in [0.1, 0.15) is 64.2 Å². The van der Waals surface area contributed by atoms with Crippen LogP contribution < -0.4 is 0 Å². The Hall–Kier alpha value is -0.570. The van der Waals surface area contributed by atoms with Gasteiger partial charge in [0.25, 0.3) is 0 Å². The van der Waals surface area contributed by atoms with Crippen molar-refractivity contribution in [2.75, 3.05) is 0 Å². The van der Waals surface area contributed by atoms with Crippen molar-refractivity contribution in [2.45, 2.75) is 70.3 Å². The molecule has 3 heteroatoms. The third-order valence-electron chi connectivity index (χ3n) is 4.91. The highest BCUT2D eigenvalue weighted by Crippen LogP contribution is 2.47. The lowest BCUT2D eigenvalue weighted by atomic mass is 9.63. The van der Waals surface area contributed by atoms with E-state index in [4.69, 9.17) is 0 Å². The molecule has 2 fully saturated rings. The minimum absolute atomic E-state index is 0.270. The average Bonchev–Trinajstić information content (AvgIpc) is 2.59. The van der Waals surface area contributed by atoms with Gasteiger partial charge in [0, 0.05) is 0 Å². The normalized spacial score (nSPS) is 36.4. The number of hydrogen-bond donors (Lipinski definition) is 2. The van der Waals surface area contributed by atoms with Gasteiger partial charge in [-0.1, -0.05) is 25.7 Å². The van der Waals surface area contributed by atoms with Crippen LogP contribution in [0.25, 0.3) is 0 Å². The summed E-state index contributed by atoms with van der Waals surface area (Å²) < 4.78 is 0. The SMILES string of the molecule is O=C(O)C1(C2CCCCCC2)CCC(O)CC1. The van der Waals surface area contributed by atoms with E-state index in [1.165, 1.54) is 25.7 Å². The van der Waals surface area contributed by atoms with Crippen LogP contribution in [0, 0.1) is 11.3 Å². The molecular formula is C14H24O3. The standard InChI is InChI=1S/C14H24O3/c15-12-7-9-14(10-8-12,13(16)17)11-5-3-1-2-4-6-11/h11-12,15H,1-10H2,(H,16,17). The number of aliphatic carboxylic acids is 1. The highest BCUT2D eigenvalue weighted by atomic mass is 16.4. The molecule has 0 aromatic carbocycles. The number of carboxylic acids is 1. The van der Waals surface area contributed by atoms with E-state index in [1.54, 1.807) is 0 Å². The highest BCUT2D eigenvalue weighted by Gasteiger charge is 2.47. The summed E-state index contributed by atoms with van der Waals surface area (Å²) in [5.41, 5.74) is -0.524. The van der Waals surface area contributed by atoms with Crippen molar-refractivity contribution in [2.24, 2.45) is 11.3 Å². The minimum Gasteiger partial charge on any atom is -0.481 e. The Morgan fingerprint density at radius 2 is 1.47 bits per heavy atom. The van der Waals surface area contributed by atoms with Gasteiger partial charge in [-0.3, -0.25) is 4.79 Å². The Labute approximate surface area is 103 Å². The maximum atomic E-state index is 11.7. The van der Waals surface area contributed by atoms with Crippen molar-refractivity contribution in [3.8, 4) is 0 Å². The fourth-order valence-corrected chi connectivity index (χ4v) is 3.75. The molecule has 0 bridgehead atoms. The van der Waals surface area contributed by atoms with Crippen LogP contribution in [0.2, 0.25) is 0 Å². The summed E-state index contributed by atoms with van der Waals surface area (Å²) in [5, 5.41) is 19.2. The van der Waals surface area contributed by atoms with Gasteiger partial charge in [-0.05, 0) is 44.4 Å². The Morgan fingerprint density at radius 3 is 1.94 bits per heavy atom. The number of rotatable bonds is 2. The van der Waals surface area contributed by atoms with Crippen LogP contribution >= 0.6 is 0 Å². The third-order valence-corrected chi connectivity index (χ3v) is 4.91. The van der Waals surface area contributed by atoms with E-state index in [0.29, 0.717) is 31.6 Å². The first kappa shape index (κ1) is 12.9. The van der Waals surface area contributed by atoms with Gasteiger partial charge >= 0.3 is 5.97 Å². The number of aliphatic hydroxyl groups excluding tert-OH is 1. The van der Waals surface area contributed by atoms with Crippen LogP contribution in [0.15, 0.2) is 0 Å². The second kappa shape index (κ2) is 5.38. The monoisotopic (exact) mass is 240 g/mol. The smallest absolute Gasteiger partial charge is 0.309 e. The summed E-state index contributed by atoms with van der Waals surface area (Å²) in [5.74, 6) is -0.272. The molecule has 0 saturated heterocycles. The summed E-state index contributed by atoms with van der Waals surface area (Å²) in [6, 6.07) is 0. The number of carbonyl (C=O) groups is 1. The van der Waals surface area contributed by atoms with Gasteiger partial charge in [0.1, 0.15) is 0 Å². The number of hydrogen-bond acceptors (Lipinski definition) is 2. The van der Waals surface area contributed by atoms with Crippen LogP contribution in [0.5, 0.6) is 0 Å². The van der Waals surface area contributed by atoms with Crippen LogP contribution in [-0.4, -0.2) is 22.3 Å². The van der Waals surface area contributed by atoms with Crippen LogP contribution in [0.4, 0.5) is 0 Å². The van der Waals surface area contributed by atoms with Crippen molar-refractivity contribution in [1.29, 1.82) is 0 Å². The molecule has 2 aliphatic carbocycles. The Balaban J connectivity index is 2.12. The van der Waals surface area contributed by atoms with Crippen molar-refractivity contribution < 1.29 is 15.0 Å². The molecule has 2 rings (SSSR count). The molecule has 0 aromatic heterocycles. The van der Waals surface area contributed by atoms with Crippen molar-refractivity contribution >= 4 is 5.97 Å². The summed E-state index contributed by atoms with van der Waals surface area (Å²) in [6.07, 6.45) is 9.45. The zero-order chi connectivity index (χ0) is 12.3. The molecule has 17 heavy (non-hydrogen) atoms. The second-order valence-corrected chi connectivity index (χ2v) is 5.88. The molecule has 2 saturated carbocycles. The number of aliphatic hydroxyl groups is 1. The van der Waals surface area contributed by atoms with Crippen LogP contribution in [0.3, 0.4) is 0 Å². The minimum atomic E-state index is -0.615. The van der Waals surface area contributed by atoms with Gasteiger partial charge < -0.3 is 10.2 Å². The molecule has 0 heterocycles. The summed E-state index contributed by atoms with van der Waals surface area (Å²) >= 11 is 0. The van der Waals surface area contributed by atoms with E-state index in [9.17, 15) is 15.0 Å². The molecule has 2 N–H and O–H groups in total. The maximum Gasteiger partial charge on any atom is 0.309 e. The van der Waals surface area contributed by atoms with Gasteiger partial charge in [-0.25, -0.2) is 0 Å². The van der Waals surface area contributed by atoms with Crippen LogP contribution in [-0.2, 0) is 4.79 Å². The molecule has 0 aliphatic heterocycles. The van der Waals surface area contributed by atoms with Gasteiger partial charge in [0.2, 0.25) is 0 Å². The molecule has 0 amide bonds. The van der Waals surface area contributed by atoms with Gasteiger partial charge in [-0.15, -0.1) is 0 Å². The Kier molecular flexibility index (Phi) is 4.08. The fourth-order valence-electron chi connectivity index (χ4n) is 3.75. The van der Waals surface area contributed by atoms with E-state index < -0.39 is 11.4 Å². The van der Waals surface area contributed by atoms with Gasteiger partial charge in [0.05, 0.1) is 11.5 Å². The first-order valence-electron chi connectivity index (χ1n) is 7.06. The third kappa shape index (κ3) is 2.65. The molecule has 0 unspecified atom stereocenters. The lowest BCUT2D eigenvalue weighted by molar-refractivity contribution is -0.157. The number of carboxylic acid groups (broad SMARTS) is 1. The summed E-state index contributed by atoms with van der Waals surface area (Å²) in [6.45, 7) is 0. The van der Waals surface area contributed by atoms with Gasteiger partial charge in [-0.2, -0.15) is 0 Å². The molecule has 2 aliphatic rings. The maximum absolute atomic E-state index is 11.7. The van der Waals surface area contributed by atoms with E-state index in [2.05, 4.69) is 0 Å². The summed E-state index contributed by atoms with van der Waals surface area (Å²) in [4.78, 5) is 11.7. The molecule has 0 radical (unpaired) electrons. The fraction of sp³-hybridized carbons (Fsp3) is 0.929. The predicted molar refractivity (Wildman–Crippen MR) is 65.7 cm³/mol. The second-order valence-electron chi connectivity index (χ2n) is 5.88. The van der Waals surface area contributed by atoms with Crippen molar-refractivity contribution in [1.82, 2.24) is 0 Å². The molecule has 0 aromatic rings. The van der Waals surface area contributed by atoms with E-state index in [1.807, 2.05) is 0 Å². The molecule has 98 valence electrons. The largest absolute Gasteiger partial charge is 0.481 e. The summed E-state index contributed by atoms with van der Waals surface area (Å²) in [7, 11) is 0. The first-order chi connectivity index (χ1) is 8.15. The predicted octanol–water partition coefficient (Wildman–Crippen LogP) is 2.96. The highest BCUT2D eigenvalue weighted by molar-refractivity contribution is 5.75. The first-order valence-corrected chi connectivity index (χ1v) is 7.06. The average molecular weight is 240 g/mol. The Morgan fingerprint density at radius 1 is 0.941 bits per heavy atom. The molecular weight excluding hydrogens is 216 g/mol. The van der Waals surface area contributed by atoms with E-state index >= 15 is 0 Å². The van der Waals surface area contributed by atoms with Crippen molar-refractivity contribution in [3.63, 3.8) is 0 Å². The van der Waals surface area contributed by atoms with Gasteiger partial charge in [0.15, 0.2) is 0 Å². The molecule has 0 atom stereocenters. The Bertz CT molecular complexity index is 259. The zero-order valence-corrected chi connectivity index (χ0v) is 10.5. The van der Waals surface area contributed by atoms with Crippen molar-refractivity contribution in [3.05, 3.63) is 0 Å². The zero-order valence-electron chi connectivity index (χ0n) is 10.5. The van der Waals surface area contributed by atoms with E-state index in [0.717, 1.165) is 12.8 Å².